The van der Waals surface area contributed by atoms with Gasteiger partial charge >= 0.3 is 0 Å². The van der Waals surface area contributed by atoms with E-state index >= 15 is 0 Å². The lowest BCUT2D eigenvalue weighted by Gasteiger charge is -2.28. The number of hydrogen-bond acceptors (Lipinski definition) is 2. The Morgan fingerprint density at radius 1 is 0.760 bits per heavy atom. The van der Waals surface area contributed by atoms with Crippen molar-refractivity contribution in [3.05, 3.63) is 96.6 Å². The molecule has 25 heavy (non-hydrogen) atoms. The molecule has 0 aliphatic heterocycles. The maximum Gasteiger partial charge on any atom is 0.204 e. The second kappa shape index (κ2) is 7.79. The van der Waals surface area contributed by atoms with Crippen LogP contribution in [-0.4, -0.2) is 11.1 Å². The van der Waals surface area contributed by atoms with Gasteiger partial charge in [0.2, 0.25) is 7.29 Å². The Balaban J connectivity index is 1.95. The Hall–Kier alpha value is -2.19. The smallest absolute Gasteiger partial charge is 0.204 e. The van der Waals surface area contributed by atoms with E-state index in [0.29, 0.717) is 0 Å². The molecule has 0 aromatic heterocycles. The van der Waals surface area contributed by atoms with Gasteiger partial charge in [0.15, 0.2) is 0 Å². The van der Waals surface area contributed by atoms with Crippen LogP contribution < -0.4 is 15.7 Å². The molecule has 4 heteroatoms. The van der Waals surface area contributed by atoms with E-state index in [1.807, 2.05) is 97.9 Å². The highest BCUT2D eigenvalue weighted by molar-refractivity contribution is 7.76. The van der Waals surface area contributed by atoms with Gasteiger partial charge < -0.3 is 5.11 Å². The van der Waals surface area contributed by atoms with Crippen LogP contribution in [0.3, 0.4) is 0 Å². The number of hydrogen-bond donors (Lipinski definition) is 2. The molecule has 0 aliphatic rings. The van der Waals surface area contributed by atoms with E-state index in [2.05, 4.69) is 5.09 Å². The lowest BCUT2D eigenvalue weighted by molar-refractivity contribution is 0.146. The zero-order valence-corrected chi connectivity index (χ0v) is 15.0. The Kier molecular flexibility index (Phi) is 5.50. The molecule has 3 rings (SSSR count). The van der Waals surface area contributed by atoms with E-state index in [4.69, 9.17) is 0 Å². The number of aliphatic hydroxyl groups is 1. The van der Waals surface area contributed by atoms with Crippen LogP contribution >= 0.6 is 7.29 Å². The first-order valence-electron chi connectivity index (χ1n) is 8.33. The summed E-state index contributed by atoms with van der Waals surface area (Å²) in [5.41, 5.74) is 0.801. The molecule has 0 radical (unpaired) electrons. The molecule has 0 heterocycles. The van der Waals surface area contributed by atoms with Gasteiger partial charge in [0.05, 0.1) is 6.10 Å². The summed E-state index contributed by atoms with van der Waals surface area (Å²) in [4.78, 5) is 0. The number of aliphatic hydroxyl groups excluding tert-OH is 1. The summed E-state index contributed by atoms with van der Waals surface area (Å²) < 4.78 is 13.9. The molecule has 0 fully saturated rings. The molecular weight excluding hydrogens is 329 g/mol. The van der Waals surface area contributed by atoms with E-state index in [9.17, 15) is 9.67 Å². The van der Waals surface area contributed by atoms with Gasteiger partial charge in [-0.25, -0.2) is 0 Å². The van der Waals surface area contributed by atoms with Crippen molar-refractivity contribution in [2.24, 2.45) is 0 Å². The summed E-state index contributed by atoms with van der Waals surface area (Å²) in [5, 5.41) is 15.4. The van der Waals surface area contributed by atoms with Crippen LogP contribution in [0, 0.1) is 0 Å². The highest BCUT2D eigenvalue weighted by Crippen LogP contribution is 2.40. The van der Waals surface area contributed by atoms with Crippen LogP contribution in [-0.2, 0) is 4.57 Å². The topological polar surface area (TPSA) is 49.3 Å². The lowest BCUT2D eigenvalue weighted by atomic mass is 10.0. The van der Waals surface area contributed by atoms with E-state index in [1.54, 1.807) is 0 Å². The van der Waals surface area contributed by atoms with Crippen LogP contribution in [0.25, 0.3) is 0 Å². The quantitative estimate of drug-likeness (QED) is 0.667. The fraction of sp³-hybridized carbons (Fsp3) is 0.143. The molecule has 3 aromatic rings. The zero-order chi connectivity index (χ0) is 17.7. The highest BCUT2D eigenvalue weighted by atomic mass is 31.2. The lowest BCUT2D eigenvalue weighted by Crippen LogP contribution is -2.37. The molecule has 0 unspecified atom stereocenters. The van der Waals surface area contributed by atoms with E-state index < -0.39 is 13.4 Å². The van der Waals surface area contributed by atoms with Crippen molar-refractivity contribution in [1.29, 1.82) is 0 Å². The second-order valence-electron chi connectivity index (χ2n) is 6.05. The molecule has 0 saturated carbocycles. The molecule has 0 spiro atoms. The van der Waals surface area contributed by atoms with Crippen molar-refractivity contribution in [2.45, 2.75) is 19.1 Å². The van der Waals surface area contributed by atoms with Crippen LogP contribution in [0.4, 0.5) is 0 Å². The maximum absolute atomic E-state index is 13.9. The SMILES string of the molecule is C[C@@H](NP(=O)(c1ccccc1)c1ccccc1)[C@H](O)c1ccccc1. The van der Waals surface area contributed by atoms with Crippen molar-refractivity contribution in [3.63, 3.8) is 0 Å². The number of benzene rings is 3. The minimum atomic E-state index is -3.06. The number of rotatable bonds is 6. The number of nitrogens with one attached hydrogen (secondary N) is 1. The molecule has 0 bridgehead atoms. The van der Waals surface area contributed by atoms with Crippen molar-refractivity contribution >= 4 is 17.9 Å². The van der Waals surface area contributed by atoms with Crippen molar-refractivity contribution in [1.82, 2.24) is 5.09 Å². The predicted octanol–water partition coefficient (Wildman–Crippen LogP) is 3.63. The van der Waals surface area contributed by atoms with Gasteiger partial charge in [0.1, 0.15) is 0 Å². The largest absolute Gasteiger partial charge is 0.387 e. The molecule has 0 saturated heterocycles. The molecule has 128 valence electrons. The molecule has 3 aromatic carbocycles. The van der Waals surface area contributed by atoms with E-state index in [1.165, 1.54) is 0 Å². The van der Waals surface area contributed by atoms with Gasteiger partial charge in [-0.1, -0.05) is 66.7 Å². The Morgan fingerprint density at radius 3 is 1.60 bits per heavy atom. The maximum atomic E-state index is 13.9. The van der Waals surface area contributed by atoms with Gasteiger partial charge in [-0.2, -0.15) is 0 Å². The first-order chi connectivity index (χ1) is 12.1. The molecular formula is C21H22NO2P. The van der Waals surface area contributed by atoms with Crippen LogP contribution in [0.5, 0.6) is 0 Å². The third-order valence-electron chi connectivity index (χ3n) is 4.24. The third-order valence-corrected chi connectivity index (χ3v) is 7.06. The van der Waals surface area contributed by atoms with Gasteiger partial charge in [-0.15, -0.1) is 0 Å². The second-order valence-corrected chi connectivity index (χ2v) is 8.56. The van der Waals surface area contributed by atoms with E-state index in [-0.39, 0.29) is 6.04 Å². The highest BCUT2D eigenvalue weighted by Gasteiger charge is 2.31. The third kappa shape index (κ3) is 3.91. The summed E-state index contributed by atoms with van der Waals surface area (Å²) in [6.45, 7) is 1.86. The molecule has 0 aliphatic carbocycles. The Bertz CT molecular complexity index is 794. The van der Waals surface area contributed by atoms with Gasteiger partial charge in [-0.05, 0) is 36.8 Å². The molecule has 3 nitrogen and oxygen atoms in total. The summed E-state index contributed by atoms with van der Waals surface area (Å²) >= 11 is 0. The van der Waals surface area contributed by atoms with E-state index in [0.717, 1.165) is 16.2 Å². The van der Waals surface area contributed by atoms with Gasteiger partial charge in [0, 0.05) is 16.7 Å². The fourth-order valence-electron chi connectivity index (χ4n) is 2.87. The minimum Gasteiger partial charge on any atom is -0.387 e. The Labute approximate surface area is 148 Å². The molecule has 2 N–H and O–H groups in total. The minimum absolute atomic E-state index is 0.381. The van der Waals surface area contributed by atoms with Crippen LogP contribution in [0.2, 0.25) is 0 Å². The average Bonchev–Trinajstić information content (AvgIpc) is 2.69. The van der Waals surface area contributed by atoms with Gasteiger partial charge in [-0.3, -0.25) is 9.65 Å². The Morgan fingerprint density at radius 2 is 1.16 bits per heavy atom. The van der Waals surface area contributed by atoms with Crippen LogP contribution in [0.1, 0.15) is 18.6 Å². The van der Waals surface area contributed by atoms with Crippen molar-refractivity contribution in [3.8, 4) is 0 Å². The monoisotopic (exact) mass is 351 g/mol. The summed E-state index contributed by atoms with van der Waals surface area (Å²) in [7, 11) is -3.06. The van der Waals surface area contributed by atoms with Crippen LogP contribution in [0.15, 0.2) is 91.0 Å². The normalized spacial score (nSPS) is 14.0. The summed E-state index contributed by atoms with van der Waals surface area (Å²) in [6.07, 6.45) is -0.748. The summed E-state index contributed by atoms with van der Waals surface area (Å²) in [6, 6.07) is 27.8. The van der Waals surface area contributed by atoms with Crippen molar-refractivity contribution < 1.29 is 9.67 Å². The van der Waals surface area contributed by atoms with Crippen molar-refractivity contribution in [2.75, 3.05) is 0 Å². The first kappa shape index (κ1) is 17.6. The average molecular weight is 351 g/mol. The summed E-state index contributed by atoms with van der Waals surface area (Å²) in [5.74, 6) is 0. The first-order valence-corrected chi connectivity index (χ1v) is 10.0. The predicted molar refractivity (Wildman–Crippen MR) is 104 cm³/mol. The fourth-order valence-corrected chi connectivity index (χ4v) is 5.37. The standard InChI is InChI=1S/C21H22NO2P/c1-17(21(23)18-11-5-2-6-12-18)22-25(24,19-13-7-3-8-14-19)20-15-9-4-10-16-20/h2-17,21,23H,1H3,(H,22,24)/t17-,21+/m1/s1. The zero-order valence-electron chi connectivity index (χ0n) is 14.1. The molecule has 2 atom stereocenters. The molecule has 0 amide bonds. The van der Waals surface area contributed by atoms with Gasteiger partial charge in [0.25, 0.3) is 0 Å².